The average Bonchev–Trinajstić information content (AvgIpc) is 3.33. The highest BCUT2D eigenvalue weighted by atomic mass is 19.4. The zero-order chi connectivity index (χ0) is 25.6. The van der Waals surface area contributed by atoms with Crippen LogP contribution in [-0.4, -0.2) is 49.9 Å². The summed E-state index contributed by atoms with van der Waals surface area (Å²) in [6.07, 6.45) is -2.31. The van der Waals surface area contributed by atoms with Crippen molar-refractivity contribution < 1.29 is 23.1 Å². The molecule has 36 heavy (non-hydrogen) atoms. The highest BCUT2D eigenvalue weighted by Crippen LogP contribution is 2.36. The van der Waals surface area contributed by atoms with Crippen molar-refractivity contribution in [2.24, 2.45) is 5.92 Å². The van der Waals surface area contributed by atoms with Gasteiger partial charge in [0.1, 0.15) is 6.33 Å². The van der Waals surface area contributed by atoms with E-state index in [2.05, 4.69) is 15.5 Å². The smallest absolute Gasteiger partial charge is 0.393 e. The summed E-state index contributed by atoms with van der Waals surface area (Å²) in [6.45, 7) is 4.08. The van der Waals surface area contributed by atoms with E-state index < -0.39 is 18.1 Å². The number of halogens is 3. The molecule has 188 valence electrons. The molecule has 0 spiro atoms. The Kier molecular flexibility index (Phi) is 5.93. The van der Waals surface area contributed by atoms with Gasteiger partial charge in [-0.1, -0.05) is 18.2 Å². The fourth-order valence-electron chi connectivity index (χ4n) is 4.91. The molecule has 0 radical (unpaired) electrons. The second kappa shape index (κ2) is 8.96. The van der Waals surface area contributed by atoms with Crippen molar-refractivity contribution in [3.8, 4) is 0 Å². The Morgan fingerprint density at radius 1 is 1.25 bits per heavy atom. The van der Waals surface area contributed by atoms with E-state index in [1.54, 1.807) is 27.5 Å². The largest absolute Gasteiger partial charge is 0.478 e. The lowest BCUT2D eigenvalue weighted by molar-refractivity contribution is -0.176. The molecular formula is C25H25F3N6O2. The van der Waals surface area contributed by atoms with Gasteiger partial charge in [-0.3, -0.25) is 4.40 Å². The molecular weight excluding hydrogens is 473 g/mol. The first-order valence-corrected chi connectivity index (χ1v) is 11.7. The van der Waals surface area contributed by atoms with Gasteiger partial charge in [-0.25, -0.2) is 9.78 Å². The van der Waals surface area contributed by atoms with Crippen molar-refractivity contribution in [1.29, 1.82) is 0 Å². The minimum atomic E-state index is -4.28. The lowest BCUT2D eigenvalue weighted by atomic mass is 9.97. The third-order valence-corrected chi connectivity index (χ3v) is 6.66. The molecule has 2 aromatic heterocycles. The van der Waals surface area contributed by atoms with Crippen LogP contribution in [0.15, 0.2) is 42.7 Å². The summed E-state index contributed by atoms with van der Waals surface area (Å²) < 4.78 is 42.2. The number of benzene rings is 2. The number of hydrogen-bond donors (Lipinski definition) is 2. The number of alkyl halides is 3. The summed E-state index contributed by atoms with van der Waals surface area (Å²) in [7, 11) is 0. The number of carbonyl (C=O) groups is 1. The van der Waals surface area contributed by atoms with Crippen LogP contribution >= 0.6 is 0 Å². The number of rotatable bonds is 5. The van der Waals surface area contributed by atoms with E-state index >= 15 is 0 Å². The van der Waals surface area contributed by atoms with E-state index in [1.807, 2.05) is 26.0 Å². The van der Waals surface area contributed by atoms with Crippen LogP contribution in [0.2, 0.25) is 0 Å². The highest BCUT2D eigenvalue weighted by molar-refractivity contribution is 5.96. The fraction of sp³-hybridized carbons (Fsp3) is 0.360. The molecule has 0 saturated carbocycles. The first kappa shape index (κ1) is 23.8. The molecule has 1 saturated heterocycles. The van der Waals surface area contributed by atoms with Crippen LogP contribution in [0.25, 0.3) is 16.6 Å². The van der Waals surface area contributed by atoms with Gasteiger partial charge in [-0.2, -0.15) is 13.2 Å². The highest BCUT2D eigenvalue weighted by Gasteiger charge is 2.42. The Morgan fingerprint density at radius 2 is 2.03 bits per heavy atom. The van der Waals surface area contributed by atoms with Crippen molar-refractivity contribution in [2.75, 3.05) is 23.3 Å². The number of anilines is 2. The van der Waals surface area contributed by atoms with Gasteiger partial charge in [-0.05, 0) is 50.5 Å². The number of fused-ring (bicyclic) bond motifs is 3. The van der Waals surface area contributed by atoms with Crippen LogP contribution in [0.5, 0.6) is 0 Å². The van der Waals surface area contributed by atoms with Gasteiger partial charge < -0.3 is 15.3 Å². The van der Waals surface area contributed by atoms with E-state index in [-0.39, 0.29) is 24.6 Å². The molecule has 2 aromatic carbocycles. The maximum atomic E-state index is 13.5. The van der Waals surface area contributed by atoms with E-state index in [0.717, 1.165) is 16.5 Å². The SMILES string of the molecule is Cc1cc([C@@H](C)Nc2ccccc2C(=O)O)c2nc(N3CCC[C@H](C(F)(F)F)C3)n3cnnc3c2c1. The number of hydrogen-bond acceptors (Lipinski definition) is 6. The van der Waals surface area contributed by atoms with Gasteiger partial charge in [-0.15, -0.1) is 10.2 Å². The van der Waals surface area contributed by atoms with Crippen molar-refractivity contribution >= 4 is 34.2 Å². The number of nitrogens with one attached hydrogen (secondary N) is 1. The van der Waals surface area contributed by atoms with E-state index in [4.69, 9.17) is 4.98 Å². The average molecular weight is 499 g/mol. The molecule has 2 N–H and O–H groups in total. The zero-order valence-corrected chi connectivity index (χ0v) is 19.8. The lowest BCUT2D eigenvalue weighted by Crippen LogP contribution is -2.42. The first-order chi connectivity index (χ1) is 17.1. The summed E-state index contributed by atoms with van der Waals surface area (Å²) in [6, 6.07) is 10.1. The Bertz CT molecular complexity index is 1450. The molecule has 0 aliphatic carbocycles. The minimum Gasteiger partial charge on any atom is -0.478 e. The third kappa shape index (κ3) is 4.29. The Morgan fingerprint density at radius 3 is 2.78 bits per heavy atom. The summed E-state index contributed by atoms with van der Waals surface area (Å²) in [5.74, 6) is -2.12. The molecule has 5 rings (SSSR count). The standard InChI is InChI=1S/C25H25F3N6O2/c1-14-10-18(15(2)30-20-8-4-3-7-17(20)23(35)36)21-19(11-14)22-32-29-13-34(22)24(31-21)33-9-5-6-16(12-33)25(26,27)28/h3-4,7-8,10-11,13,15-16,30H,5-6,9,12H2,1-2H3,(H,35,36)/t15-,16+/m1/s1. The van der Waals surface area contributed by atoms with E-state index in [1.165, 1.54) is 12.4 Å². The molecule has 0 amide bonds. The molecule has 0 unspecified atom stereocenters. The Labute approximate surface area is 204 Å². The number of carboxylic acids is 1. The van der Waals surface area contributed by atoms with Gasteiger partial charge >= 0.3 is 12.1 Å². The number of para-hydroxylation sites is 1. The van der Waals surface area contributed by atoms with Gasteiger partial charge in [0, 0.05) is 29.7 Å². The number of aromatic carboxylic acids is 1. The zero-order valence-electron chi connectivity index (χ0n) is 19.8. The van der Waals surface area contributed by atoms with Gasteiger partial charge in [0.15, 0.2) is 5.65 Å². The maximum Gasteiger partial charge on any atom is 0.393 e. The van der Waals surface area contributed by atoms with Crippen LogP contribution in [0.4, 0.5) is 24.8 Å². The normalized spacial score (nSPS) is 17.5. The number of aryl methyl sites for hydroxylation is 1. The topological polar surface area (TPSA) is 95.6 Å². The summed E-state index contributed by atoms with van der Waals surface area (Å²) in [5, 5.41) is 21.8. The van der Waals surface area contributed by atoms with Crippen LogP contribution in [0.3, 0.4) is 0 Å². The molecule has 3 heterocycles. The second-order valence-corrected chi connectivity index (χ2v) is 9.23. The minimum absolute atomic E-state index is 0.0906. The molecule has 1 aliphatic heterocycles. The molecule has 0 bridgehead atoms. The molecule has 11 heteroatoms. The van der Waals surface area contributed by atoms with Crippen LogP contribution in [0, 0.1) is 12.8 Å². The summed E-state index contributed by atoms with van der Waals surface area (Å²) in [4.78, 5) is 18.2. The molecule has 2 atom stereocenters. The van der Waals surface area contributed by atoms with E-state index in [0.29, 0.717) is 35.8 Å². The first-order valence-electron chi connectivity index (χ1n) is 11.7. The predicted molar refractivity (Wildman–Crippen MR) is 129 cm³/mol. The van der Waals surface area contributed by atoms with E-state index in [9.17, 15) is 23.1 Å². The van der Waals surface area contributed by atoms with Crippen molar-refractivity contribution in [1.82, 2.24) is 19.6 Å². The maximum absolute atomic E-state index is 13.5. The number of aromatic nitrogens is 4. The fourth-order valence-corrected chi connectivity index (χ4v) is 4.91. The van der Waals surface area contributed by atoms with Crippen molar-refractivity contribution in [3.05, 3.63) is 59.4 Å². The third-order valence-electron chi connectivity index (χ3n) is 6.66. The lowest BCUT2D eigenvalue weighted by Gasteiger charge is -2.34. The number of piperidine rings is 1. The molecule has 1 fully saturated rings. The molecule has 1 aliphatic rings. The quantitative estimate of drug-likeness (QED) is 0.389. The molecule has 8 nitrogen and oxygen atoms in total. The number of nitrogens with zero attached hydrogens (tertiary/aromatic N) is 5. The molecule has 4 aromatic rings. The van der Waals surface area contributed by atoms with Crippen LogP contribution in [-0.2, 0) is 0 Å². The number of carboxylic acid groups (broad SMARTS) is 1. The Hall–Kier alpha value is -3.89. The van der Waals surface area contributed by atoms with Gasteiger partial charge in [0.25, 0.3) is 0 Å². The second-order valence-electron chi connectivity index (χ2n) is 9.23. The summed E-state index contributed by atoms with van der Waals surface area (Å²) >= 11 is 0. The summed E-state index contributed by atoms with van der Waals surface area (Å²) in [5.41, 5.74) is 3.40. The van der Waals surface area contributed by atoms with Crippen molar-refractivity contribution in [2.45, 2.75) is 38.9 Å². The van der Waals surface area contributed by atoms with Crippen molar-refractivity contribution in [3.63, 3.8) is 0 Å². The monoisotopic (exact) mass is 498 g/mol. The van der Waals surface area contributed by atoms with Crippen LogP contribution < -0.4 is 10.2 Å². The Balaban J connectivity index is 1.62. The van der Waals surface area contributed by atoms with Gasteiger partial charge in [0.2, 0.25) is 5.95 Å². The van der Waals surface area contributed by atoms with Crippen LogP contribution in [0.1, 0.15) is 47.3 Å². The predicted octanol–water partition coefficient (Wildman–Crippen LogP) is 5.24. The van der Waals surface area contributed by atoms with Gasteiger partial charge in [0.05, 0.1) is 23.0 Å².